The van der Waals surface area contributed by atoms with Crippen molar-refractivity contribution in [2.75, 3.05) is 20.2 Å². The highest BCUT2D eigenvalue weighted by atomic mass is 32.2. The minimum atomic E-state index is -3.52. The summed E-state index contributed by atoms with van der Waals surface area (Å²) in [4.78, 5) is 4.14. The van der Waals surface area contributed by atoms with Crippen molar-refractivity contribution in [3.63, 3.8) is 0 Å². The number of pyridine rings is 1. The van der Waals surface area contributed by atoms with E-state index in [1.165, 1.54) is 10.5 Å². The Hall–Kier alpha value is -1.88. The Bertz CT molecular complexity index is 875. The van der Waals surface area contributed by atoms with Gasteiger partial charge in [0.05, 0.1) is 31.1 Å². The van der Waals surface area contributed by atoms with Gasteiger partial charge in [0.15, 0.2) is 0 Å². The maximum Gasteiger partial charge on any atom is 0.244 e. The quantitative estimate of drug-likeness (QED) is 0.766. The minimum Gasteiger partial charge on any atom is -0.378 e. The highest BCUT2D eigenvalue weighted by Crippen LogP contribution is 2.35. The maximum absolute atomic E-state index is 12.7. The molecule has 0 bridgehead atoms. The second kappa shape index (κ2) is 6.69. The summed E-state index contributed by atoms with van der Waals surface area (Å²) in [7, 11) is -1.90. The van der Waals surface area contributed by atoms with Gasteiger partial charge >= 0.3 is 0 Å². The molecule has 0 aromatic carbocycles. The van der Waals surface area contributed by atoms with E-state index in [2.05, 4.69) is 15.3 Å². The zero-order chi connectivity index (χ0) is 18.2. The van der Waals surface area contributed by atoms with Crippen LogP contribution in [0.15, 0.2) is 29.4 Å². The van der Waals surface area contributed by atoms with E-state index in [1.54, 1.807) is 25.4 Å². The Morgan fingerprint density at radius 3 is 2.85 bits per heavy atom. The van der Waals surface area contributed by atoms with Gasteiger partial charge in [0.25, 0.3) is 0 Å². The van der Waals surface area contributed by atoms with Crippen LogP contribution in [0.4, 0.5) is 0 Å². The number of sulfonamides is 1. The van der Waals surface area contributed by atoms with Crippen molar-refractivity contribution in [3.05, 3.63) is 35.9 Å². The van der Waals surface area contributed by atoms with Crippen molar-refractivity contribution in [1.29, 1.82) is 0 Å². The van der Waals surface area contributed by atoms with E-state index in [0.717, 1.165) is 11.4 Å². The molecule has 2 aromatic heterocycles. The smallest absolute Gasteiger partial charge is 0.244 e. The number of fused-ring (bicyclic) bond motifs is 1. The van der Waals surface area contributed by atoms with E-state index in [-0.39, 0.29) is 4.90 Å². The number of piperidine rings is 1. The lowest BCUT2D eigenvalue weighted by Gasteiger charge is -2.43. The SMILES string of the molecule is COCc1nnn2c1COC1(CCN(S(=O)(=O)c3cccnc3)CC1)C2. The lowest BCUT2D eigenvalue weighted by molar-refractivity contribution is -0.117. The molecule has 4 rings (SSSR count). The van der Waals surface area contributed by atoms with Crippen LogP contribution >= 0.6 is 0 Å². The van der Waals surface area contributed by atoms with Crippen LogP contribution in [0.1, 0.15) is 24.2 Å². The van der Waals surface area contributed by atoms with Crippen molar-refractivity contribution < 1.29 is 17.9 Å². The molecule has 0 amide bonds. The Morgan fingerprint density at radius 1 is 1.35 bits per heavy atom. The lowest BCUT2D eigenvalue weighted by Crippen LogP contribution is -2.52. The molecule has 2 aliphatic rings. The van der Waals surface area contributed by atoms with Gasteiger partial charge in [0, 0.05) is 32.6 Å². The molecule has 1 fully saturated rings. The molecule has 0 saturated carbocycles. The van der Waals surface area contributed by atoms with E-state index in [1.807, 2.05) is 4.68 Å². The molecular weight excluding hydrogens is 358 g/mol. The van der Waals surface area contributed by atoms with Crippen LogP contribution in [0, 0.1) is 0 Å². The molecular formula is C16H21N5O4S. The molecule has 10 heteroatoms. The number of rotatable bonds is 4. The van der Waals surface area contributed by atoms with Crippen LogP contribution in [0.2, 0.25) is 0 Å². The fourth-order valence-corrected chi connectivity index (χ4v) is 4.93. The average molecular weight is 379 g/mol. The van der Waals surface area contributed by atoms with Gasteiger partial charge in [-0.3, -0.25) is 4.98 Å². The summed E-state index contributed by atoms with van der Waals surface area (Å²) in [6.45, 7) is 2.22. The highest BCUT2D eigenvalue weighted by molar-refractivity contribution is 7.89. The number of hydrogen-bond donors (Lipinski definition) is 0. The van der Waals surface area contributed by atoms with Crippen molar-refractivity contribution in [3.8, 4) is 0 Å². The number of ether oxygens (including phenoxy) is 2. The zero-order valence-corrected chi connectivity index (χ0v) is 15.4. The first-order valence-corrected chi connectivity index (χ1v) is 9.92. The number of aromatic nitrogens is 4. The van der Waals surface area contributed by atoms with E-state index in [9.17, 15) is 8.42 Å². The van der Waals surface area contributed by atoms with Gasteiger partial charge in [-0.05, 0) is 25.0 Å². The first kappa shape index (κ1) is 17.5. The monoisotopic (exact) mass is 379 g/mol. The molecule has 2 aromatic rings. The molecule has 9 nitrogen and oxygen atoms in total. The third kappa shape index (κ3) is 3.02. The summed E-state index contributed by atoms with van der Waals surface area (Å²) >= 11 is 0. The number of nitrogens with zero attached hydrogens (tertiary/aromatic N) is 5. The predicted octanol–water partition coefficient (Wildman–Crippen LogP) is 0.573. The van der Waals surface area contributed by atoms with Crippen LogP contribution < -0.4 is 0 Å². The zero-order valence-electron chi connectivity index (χ0n) is 14.5. The second-order valence-corrected chi connectivity index (χ2v) is 8.58. The van der Waals surface area contributed by atoms with Gasteiger partial charge in [-0.25, -0.2) is 13.1 Å². The van der Waals surface area contributed by atoms with Crippen LogP contribution in [0.5, 0.6) is 0 Å². The van der Waals surface area contributed by atoms with Gasteiger partial charge in [0.2, 0.25) is 10.0 Å². The van der Waals surface area contributed by atoms with E-state index < -0.39 is 15.6 Å². The Labute approximate surface area is 152 Å². The summed E-state index contributed by atoms with van der Waals surface area (Å²) in [5.41, 5.74) is 1.33. The van der Waals surface area contributed by atoms with E-state index in [0.29, 0.717) is 45.7 Å². The van der Waals surface area contributed by atoms with Gasteiger partial charge < -0.3 is 9.47 Å². The van der Waals surface area contributed by atoms with Gasteiger partial charge in [-0.15, -0.1) is 5.10 Å². The lowest BCUT2D eigenvalue weighted by atomic mass is 9.91. The van der Waals surface area contributed by atoms with Gasteiger partial charge in [-0.1, -0.05) is 5.21 Å². The third-order valence-electron chi connectivity index (χ3n) is 5.06. The normalized spacial score (nSPS) is 20.2. The van der Waals surface area contributed by atoms with Crippen molar-refractivity contribution in [2.24, 2.45) is 0 Å². The topological polar surface area (TPSA) is 99.4 Å². The van der Waals surface area contributed by atoms with E-state index >= 15 is 0 Å². The highest BCUT2D eigenvalue weighted by Gasteiger charge is 2.43. The Balaban J connectivity index is 1.47. The number of hydrogen-bond acceptors (Lipinski definition) is 7. The second-order valence-electron chi connectivity index (χ2n) is 6.64. The Kier molecular flexibility index (Phi) is 4.51. The molecule has 0 N–H and O–H groups in total. The predicted molar refractivity (Wildman–Crippen MR) is 90.5 cm³/mol. The van der Waals surface area contributed by atoms with Crippen LogP contribution in [0.3, 0.4) is 0 Å². The molecule has 1 spiro atoms. The first-order chi connectivity index (χ1) is 12.5. The summed E-state index contributed by atoms with van der Waals surface area (Å²) in [6, 6.07) is 3.20. The largest absolute Gasteiger partial charge is 0.378 e. The van der Waals surface area contributed by atoms with Crippen molar-refractivity contribution in [2.45, 2.75) is 43.1 Å². The van der Waals surface area contributed by atoms with Gasteiger partial charge in [-0.2, -0.15) is 4.31 Å². The van der Waals surface area contributed by atoms with Crippen LogP contribution in [-0.2, 0) is 39.3 Å². The fraction of sp³-hybridized carbons (Fsp3) is 0.562. The summed E-state index contributed by atoms with van der Waals surface area (Å²) in [5, 5.41) is 8.36. The molecule has 0 atom stereocenters. The van der Waals surface area contributed by atoms with Crippen LogP contribution in [-0.4, -0.2) is 58.5 Å². The standard InChI is InChI=1S/C16H21N5O4S/c1-24-10-14-15-11-25-16(12-21(15)19-18-14)4-7-20(8-5-16)26(22,23)13-3-2-6-17-9-13/h2-3,6,9H,4-5,7-8,10-12H2,1H3. The van der Waals surface area contributed by atoms with Crippen molar-refractivity contribution in [1.82, 2.24) is 24.3 Å². The molecule has 2 aliphatic heterocycles. The summed E-state index contributed by atoms with van der Waals surface area (Å²) < 4.78 is 40.1. The van der Waals surface area contributed by atoms with Crippen molar-refractivity contribution >= 4 is 10.0 Å². The molecule has 26 heavy (non-hydrogen) atoms. The molecule has 0 unspecified atom stereocenters. The summed E-state index contributed by atoms with van der Waals surface area (Å²) in [5.74, 6) is 0. The summed E-state index contributed by atoms with van der Waals surface area (Å²) in [6.07, 6.45) is 4.18. The van der Waals surface area contributed by atoms with E-state index in [4.69, 9.17) is 9.47 Å². The molecule has 0 aliphatic carbocycles. The van der Waals surface area contributed by atoms with Crippen LogP contribution in [0.25, 0.3) is 0 Å². The number of methoxy groups -OCH3 is 1. The molecule has 0 radical (unpaired) electrons. The average Bonchev–Trinajstić information content (AvgIpc) is 3.05. The van der Waals surface area contributed by atoms with Gasteiger partial charge in [0.1, 0.15) is 10.6 Å². The maximum atomic E-state index is 12.7. The molecule has 140 valence electrons. The Morgan fingerprint density at radius 2 is 2.15 bits per heavy atom. The molecule has 4 heterocycles. The third-order valence-corrected chi connectivity index (χ3v) is 6.94. The first-order valence-electron chi connectivity index (χ1n) is 8.48. The fourth-order valence-electron chi connectivity index (χ4n) is 3.53. The molecule has 1 saturated heterocycles. The minimum absolute atomic E-state index is 0.225.